The predicted octanol–water partition coefficient (Wildman–Crippen LogP) is 5.11. The van der Waals surface area contributed by atoms with Crippen LogP contribution in [0.3, 0.4) is 0 Å². The molecule has 2 N–H and O–H groups in total. The first-order chi connectivity index (χ1) is 17.4. The molecule has 0 amide bonds. The zero-order valence-electron chi connectivity index (χ0n) is 21.2. The molecule has 7 heteroatoms. The van der Waals surface area contributed by atoms with E-state index < -0.39 is 11.9 Å². The van der Waals surface area contributed by atoms with Gasteiger partial charge in [-0.3, -0.25) is 4.79 Å². The van der Waals surface area contributed by atoms with Crippen molar-refractivity contribution in [3.63, 3.8) is 0 Å². The van der Waals surface area contributed by atoms with E-state index in [9.17, 15) is 14.7 Å². The van der Waals surface area contributed by atoms with Crippen LogP contribution in [0, 0.1) is 0 Å². The number of dihydropyridines is 1. The minimum atomic E-state index is -0.560. The quantitative estimate of drug-likeness (QED) is 0.391. The van der Waals surface area contributed by atoms with Crippen molar-refractivity contribution in [2.24, 2.45) is 0 Å². The highest BCUT2D eigenvalue weighted by atomic mass is 16.5. The van der Waals surface area contributed by atoms with Crippen LogP contribution < -0.4 is 14.8 Å². The maximum Gasteiger partial charge on any atom is 0.336 e. The number of unbranched alkanes of at least 4 members (excludes halogenated alkanes) is 1. The number of phenolic OH excluding ortho intramolecular Hbond substituents is 1. The summed E-state index contributed by atoms with van der Waals surface area (Å²) in [5.74, 6) is 0.328. The molecule has 4 rings (SSSR count). The second-order valence-corrected chi connectivity index (χ2v) is 9.21. The molecule has 2 atom stereocenters. The second kappa shape index (κ2) is 10.9. The Labute approximate surface area is 211 Å². The lowest BCUT2D eigenvalue weighted by atomic mass is 9.71. The lowest BCUT2D eigenvalue weighted by Crippen LogP contribution is -2.36. The van der Waals surface area contributed by atoms with Gasteiger partial charge in [-0.05, 0) is 61.1 Å². The summed E-state index contributed by atoms with van der Waals surface area (Å²) >= 11 is 0. The highest BCUT2D eigenvalue weighted by molar-refractivity contribution is 6.04. The van der Waals surface area contributed by atoms with Gasteiger partial charge in [-0.15, -0.1) is 0 Å². The van der Waals surface area contributed by atoms with Crippen molar-refractivity contribution in [1.82, 2.24) is 5.32 Å². The van der Waals surface area contributed by atoms with Crippen molar-refractivity contribution >= 4 is 11.8 Å². The van der Waals surface area contributed by atoms with E-state index in [-0.39, 0.29) is 17.5 Å². The maximum atomic E-state index is 13.7. The number of ketones is 1. The Kier molecular flexibility index (Phi) is 7.67. The fourth-order valence-corrected chi connectivity index (χ4v) is 5.04. The normalized spacial score (nSPS) is 19.5. The van der Waals surface area contributed by atoms with Crippen LogP contribution >= 0.6 is 0 Å². The summed E-state index contributed by atoms with van der Waals surface area (Å²) in [4.78, 5) is 26.9. The number of methoxy groups -OCH3 is 2. The van der Waals surface area contributed by atoms with Gasteiger partial charge in [0.2, 0.25) is 0 Å². The number of carbonyl (C=O) groups excluding carboxylic acids is 2. The largest absolute Gasteiger partial charge is 0.508 e. The molecule has 0 fully saturated rings. The number of hydrogen-bond donors (Lipinski definition) is 2. The van der Waals surface area contributed by atoms with Gasteiger partial charge in [0.05, 0.1) is 26.4 Å². The Morgan fingerprint density at radius 3 is 2.39 bits per heavy atom. The summed E-state index contributed by atoms with van der Waals surface area (Å²) < 4.78 is 16.4. The van der Waals surface area contributed by atoms with Crippen LogP contribution in [-0.2, 0) is 14.3 Å². The van der Waals surface area contributed by atoms with Crippen molar-refractivity contribution in [2.45, 2.75) is 51.4 Å². The van der Waals surface area contributed by atoms with Gasteiger partial charge in [0.1, 0.15) is 5.75 Å². The number of hydrogen-bond acceptors (Lipinski definition) is 7. The van der Waals surface area contributed by atoms with Crippen LogP contribution in [0.5, 0.6) is 17.2 Å². The molecule has 2 aromatic carbocycles. The summed E-state index contributed by atoms with van der Waals surface area (Å²) in [6, 6.07) is 12.4. The molecule has 190 valence electrons. The highest BCUT2D eigenvalue weighted by Gasteiger charge is 2.41. The van der Waals surface area contributed by atoms with Gasteiger partial charge in [-0.1, -0.05) is 31.5 Å². The zero-order chi connectivity index (χ0) is 25.8. The zero-order valence-corrected chi connectivity index (χ0v) is 21.2. The Morgan fingerprint density at radius 1 is 1.03 bits per heavy atom. The number of Topliss-reactive ketones (excluding diaryl/α,β-unsaturated/α-hetero) is 1. The van der Waals surface area contributed by atoms with E-state index in [0.29, 0.717) is 47.8 Å². The molecule has 0 saturated carbocycles. The van der Waals surface area contributed by atoms with Crippen LogP contribution in [0.1, 0.15) is 62.5 Å². The van der Waals surface area contributed by atoms with Crippen LogP contribution in [0.25, 0.3) is 0 Å². The summed E-state index contributed by atoms with van der Waals surface area (Å²) in [5, 5.41) is 13.2. The van der Waals surface area contributed by atoms with Crippen molar-refractivity contribution in [2.75, 3.05) is 20.8 Å². The number of phenols is 1. The first-order valence-electron chi connectivity index (χ1n) is 12.3. The van der Waals surface area contributed by atoms with E-state index in [1.54, 1.807) is 38.5 Å². The summed E-state index contributed by atoms with van der Waals surface area (Å²) in [6.07, 6.45) is 2.61. The molecule has 7 nitrogen and oxygen atoms in total. The number of esters is 1. The molecule has 1 aliphatic heterocycles. The number of aromatic hydroxyl groups is 1. The average Bonchev–Trinajstić information content (AvgIpc) is 2.87. The van der Waals surface area contributed by atoms with Crippen molar-refractivity contribution in [3.8, 4) is 17.2 Å². The summed E-state index contributed by atoms with van der Waals surface area (Å²) in [5.41, 5.74) is 4.27. The summed E-state index contributed by atoms with van der Waals surface area (Å²) in [7, 11) is 3.18. The molecule has 0 aromatic heterocycles. The molecule has 1 aliphatic carbocycles. The molecular formula is C29H33NO6. The molecule has 0 radical (unpaired) electrons. The number of allylic oxidation sites excluding steroid dienone is 3. The first kappa shape index (κ1) is 25.4. The molecule has 0 saturated heterocycles. The minimum absolute atomic E-state index is 0.0204. The van der Waals surface area contributed by atoms with Gasteiger partial charge in [0.25, 0.3) is 0 Å². The molecular weight excluding hydrogens is 458 g/mol. The van der Waals surface area contributed by atoms with Gasteiger partial charge < -0.3 is 24.6 Å². The van der Waals surface area contributed by atoms with Gasteiger partial charge >= 0.3 is 5.97 Å². The van der Waals surface area contributed by atoms with E-state index in [0.717, 1.165) is 29.7 Å². The van der Waals surface area contributed by atoms with Gasteiger partial charge in [-0.2, -0.15) is 0 Å². The third-order valence-electron chi connectivity index (χ3n) is 6.88. The van der Waals surface area contributed by atoms with E-state index in [4.69, 9.17) is 14.2 Å². The van der Waals surface area contributed by atoms with E-state index in [2.05, 4.69) is 5.32 Å². The van der Waals surface area contributed by atoms with Gasteiger partial charge in [0, 0.05) is 29.3 Å². The van der Waals surface area contributed by atoms with Crippen LogP contribution in [0.15, 0.2) is 65.0 Å². The fourth-order valence-electron chi connectivity index (χ4n) is 5.04. The van der Waals surface area contributed by atoms with Crippen molar-refractivity contribution in [3.05, 3.63) is 76.1 Å². The van der Waals surface area contributed by atoms with E-state index in [1.807, 2.05) is 32.0 Å². The molecule has 0 unspecified atom stereocenters. The average molecular weight is 492 g/mol. The van der Waals surface area contributed by atoms with Crippen molar-refractivity contribution < 1.29 is 28.9 Å². The molecule has 1 heterocycles. The van der Waals surface area contributed by atoms with E-state index in [1.165, 1.54) is 0 Å². The third-order valence-corrected chi connectivity index (χ3v) is 6.88. The first-order valence-corrected chi connectivity index (χ1v) is 12.3. The van der Waals surface area contributed by atoms with Gasteiger partial charge in [0.15, 0.2) is 17.3 Å². The number of carbonyl (C=O) groups is 2. The highest BCUT2D eigenvalue weighted by Crippen LogP contribution is 2.46. The monoisotopic (exact) mass is 491 g/mol. The van der Waals surface area contributed by atoms with Gasteiger partial charge in [-0.25, -0.2) is 4.79 Å². The minimum Gasteiger partial charge on any atom is -0.508 e. The Hall–Kier alpha value is -3.74. The fraction of sp³-hybridized carbons (Fsp3) is 0.379. The standard InChI is InChI=1S/C29H33NO6/c1-5-6-13-36-29(33)26-17(2)30-22-14-20(19-9-12-24(34-3)25(16-19)35-4)15-23(32)28(22)27(26)18-7-10-21(31)11-8-18/h7-12,16,20,27,30-31H,5-6,13-15H2,1-4H3/t20-,27-/m0/s1. The SMILES string of the molecule is CCCCOC(=O)C1=C(C)NC2=C(C(=O)C[C@@H](c3ccc(OC)c(OC)c3)C2)[C@H]1c1ccc(O)cc1. The topological polar surface area (TPSA) is 94.1 Å². The Morgan fingerprint density at radius 2 is 1.72 bits per heavy atom. The molecule has 2 aromatic rings. The second-order valence-electron chi connectivity index (χ2n) is 9.21. The lowest BCUT2D eigenvalue weighted by Gasteiger charge is -2.36. The molecule has 36 heavy (non-hydrogen) atoms. The molecule has 0 bridgehead atoms. The van der Waals surface area contributed by atoms with Crippen molar-refractivity contribution in [1.29, 1.82) is 0 Å². The predicted molar refractivity (Wildman–Crippen MR) is 136 cm³/mol. The van der Waals surface area contributed by atoms with Crippen LogP contribution in [-0.4, -0.2) is 37.7 Å². The number of rotatable bonds is 8. The number of benzene rings is 2. The molecule has 2 aliphatic rings. The Balaban J connectivity index is 1.73. The Bertz CT molecular complexity index is 1210. The third kappa shape index (κ3) is 4.96. The van der Waals surface area contributed by atoms with Crippen LogP contribution in [0.2, 0.25) is 0 Å². The van der Waals surface area contributed by atoms with Crippen LogP contribution in [0.4, 0.5) is 0 Å². The maximum absolute atomic E-state index is 13.7. The lowest BCUT2D eigenvalue weighted by molar-refractivity contribution is -0.139. The smallest absolute Gasteiger partial charge is 0.336 e. The number of nitrogens with one attached hydrogen (secondary N) is 1. The number of ether oxygens (including phenoxy) is 3. The van der Waals surface area contributed by atoms with E-state index >= 15 is 0 Å². The molecule has 0 spiro atoms. The summed E-state index contributed by atoms with van der Waals surface area (Å²) in [6.45, 7) is 4.21.